The van der Waals surface area contributed by atoms with Gasteiger partial charge in [-0.15, -0.1) is 0 Å². The normalized spacial score (nSPS) is 18.7. The van der Waals surface area contributed by atoms with Gasteiger partial charge < -0.3 is 9.47 Å². The van der Waals surface area contributed by atoms with Gasteiger partial charge >= 0.3 is 6.09 Å². The molecule has 0 bridgehead atoms. The molecule has 0 fully saturated rings. The zero-order valence-corrected chi connectivity index (χ0v) is 14.2. The molecule has 0 saturated heterocycles. The molecule has 0 saturated carbocycles. The zero-order valence-electron chi connectivity index (χ0n) is 13.4. The van der Waals surface area contributed by atoms with Crippen LogP contribution >= 0.6 is 11.6 Å². The molecule has 0 aliphatic carbocycles. The highest BCUT2D eigenvalue weighted by molar-refractivity contribution is 6.29. The molecule has 1 amide bonds. The second kappa shape index (κ2) is 6.11. The fraction of sp³-hybridized carbons (Fsp3) is 0.600. The number of carbonyl (C=O) groups excluding carboxylic acids is 1. The van der Waals surface area contributed by atoms with E-state index < -0.39 is 23.7 Å². The van der Waals surface area contributed by atoms with Crippen molar-refractivity contribution in [3.05, 3.63) is 23.0 Å². The van der Waals surface area contributed by atoms with Crippen molar-refractivity contribution in [3.8, 4) is 5.75 Å². The molecule has 1 aromatic heterocycles. The Hall–Kier alpha value is -1.63. The molecule has 1 aliphatic heterocycles. The van der Waals surface area contributed by atoms with Gasteiger partial charge in [0.15, 0.2) is 6.10 Å². The summed E-state index contributed by atoms with van der Waals surface area (Å²) in [5, 5.41) is 0.193. The summed E-state index contributed by atoms with van der Waals surface area (Å²) in [6, 6.07) is 2.93. The van der Waals surface area contributed by atoms with Gasteiger partial charge in [-0.25, -0.2) is 18.6 Å². The van der Waals surface area contributed by atoms with E-state index in [1.807, 2.05) is 0 Å². The van der Waals surface area contributed by atoms with Gasteiger partial charge in [0.2, 0.25) is 0 Å². The first-order valence-electron chi connectivity index (χ1n) is 7.13. The van der Waals surface area contributed by atoms with Crippen molar-refractivity contribution in [2.24, 2.45) is 0 Å². The minimum absolute atomic E-state index is 0.0165. The number of aromatic nitrogens is 1. The number of halogens is 3. The Kier molecular flexibility index (Phi) is 4.71. The summed E-state index contributed by atoms with van der Waals surface area (Å²) in [6.45, 7) is 5.53. The fourth-order valence-corrected chi connectivity index (χ4v) is 2.21. The van der Waals surface area contributed by atoms with Gasteiger partial charge in [-0.05, 0) is 32.9 Å². The van der Waals surface area contributed by atoms with Gasteiger partial charge in [-0.2, -0.15) is 0 Å². The van der Waals surface area contributed by atoms with Crippen LogP contribution in [-0.4, -0.2) is 40.1 Å². The van der Waals surface area contributed by atoms with Crippen molar-refractivity contribution in [3.63, 3.8) is 0 Å². The topological polar surface area (TPSA) is 51.7 Å². The van der Waals surface area contributed by atoms with E-state index in [0.29, 0.717) is 5.69 Å². The predicted octanol–water partition coefficient (Wildman–Crippen LogP) is 3.89. The number of rotatable bonds is 1. The molecule has 1 aromatic rings. The van der Waals surface area contributed by atoms with Gasteiger partial charge in [0.25, 0.3) is 5.92 Å². The minimum atomic E-state index is -3.14. The summed E-state index contributed by atoms with van der Waals surface area (Å²) in [5.74, 6) is -2.95. The Morgan fingerprint density at radius 3 is 2.61 bits per heavy atom. The number of hydrogen-bond acceptors (Lipinski definition) is 4. The quantitative estimate of drug-likeness (QED) is 0.722. The molecule has 0 aromatic carbocycles. The first-order valence-corrected chi connectivity index (χ1v) is 7.51. The third-order valence-corrected chi connectivity index (χ3v) is 3.32. The first kappa shape index (κ1) is 17.7. The van der Waals surface area contributed by atoms with Gasteiger partial charge in [0.1, 0.15) is 22.2 Å². The van der Waals surface area contributed by atoms with E-state index in [-0.39, 0.29) is 24.0 Å². The lowest BCUT2D eigenvalue weighted by atomic mass is 10.2. The Balaban J connectivity index is 2.34. The van der Waals surface area contributed by atoms with Crippen molar-refractivity contribution >= 4 is 17.7 Å². The van der Waals surface area contributed by atoms with E-state index >= 15 is 0 Å². The van der Waals surface area contributed by atoms with Gasteiger partial charge in [-0.3, -0.25) is 4.90 Å². The molecule has 0 radical (unpaired) electrons. The van der Waals surface area contributed by atoms with Crippen molar-refractivity contribution in [2.45, 2.75) is 51.9 Å². The summed E-state index contributed by atoms with van der Waals surface area (Å²) < 4.78 is 38.2. The lowest BCUT2D eigenvalue weighted by Gasteiger charge is -2.29. The monoisotopic (exact) mass is 348 g/mol. The number of pyridine rings is 1. The number of amides is 1. The Labute approximate surface area is 138 Å². The van der Waals surface area contributed by atoms with Crippen LogP contribution in [0, 0.1) is 0 Å². The average Bonchev–Trinajstić information content (AvgIpc) is 2.55. The molecule has 2 rings (SSSR count). The van der Waals surface area contributed by atoms with E-state index in [2.05, 4.69) is 4.98 Å². The van der Waals surface area contributed by atoms with E-state index in [1.54, 1.807) is 20.8 Å². The molecule has 1 atom stereocenters. The van der Waals surface area contributed by atoms with Crippen LogP contribution in [0.25, 0.3) is 0 Å². The van der Waals surface area contributed by atoms with Gasteiger partial charge in [-0.1, -0.05) is 11.6 Å². The average molecular weight is 349 g/mol. The molecule has 23 heavy (non-hydrogen) atoms. The van der Waals surface area contributed by atoms with E-state index in [1.165, 1.54) is 12.1 Å². The van der Waals surface area contributed by atoms with E-state index in [0.717, 1.165) is 11.8 Å². The SMILES string of the molecule is CC(C)(C)OC(=O)N1Cc2nc(Cl)ccc2O[C@H](C(C)(F)F)C1. The molecular formula is C15H19ClF2N2O3. The number of fused-ring (bicyclic) bond motifs is 1. The van der Waals surface area contributed by atoms with Crippen molar-refractivity contribution < 1.29 is 23.0 Å². The molecule has 0 N–H and O–H groups in total. The molecule has 1 aliphatic rings. The maximum atomic E-state index is 13.8. The number of alkyl halides is 2. The van der Waals surface area contributed by atoms with E-state index in [4.69, 9.17) is 21.1 Å². The highest BCUT2D eigenvalue weighted by Crippen LogP contribution is 2.31. The summed E-state index contributed by atoms with van der Waals surface area (Å²) in [6.07, 6.45) is -2.20. The van der Waals surface area contributed by atoms with Crippen molar-refractivity contribution in [1.82, 2.24) is 9.88 Å². The first-order chi connectivity index (χ1) is 10.5. The summed E-state index contributed by atoms with van der Waals surface area (Å²) >= 11 is 5.84. The highest BCUT2D eigenvalue weighted by atomic mass is 35.5. The Morgan fingerprint density at radius 1 is 1.39 bits per heavy atom. The molecule has 128 valence electrons. The maximum absolute atomic E-state index is 13.8. The van der Waals surface area contributed by atoms with Crippen LogP contribution in [0.15, 0.2) is 12.1 Å². The van der Waals surface area contributed by atoms with Crippen LogP contribution in [0.1, 0.15) is 33.4 Å². The number of carbonyl (C=O) groups is 1. The summed E-state index contributed by atoms with van der Waals surface area (Å²) in [4.78, 5) is 17.5. The molecule has 2 heterocycles. The second-order valence-electron chi connectivity index (χ2n) is 6.50. The molecule has 5 nitrogen and oxygen atoms in total. The maximum Gasteiger partial charge on any atom is 0.410 e. The molecular weight excluding hydrogens is 330 g/mol. The largest absolute Gasteiger partial charge is 0.480 e. The summed E-state index contributed by atoms with van der Waals surface area (Å²) in [7, 11) is 0. The fourth-order valence-electron chi connectivity index (χ4n) is 2.05. The van der Waals surface area contributed by atoms with Crippen LogP contribution in [-0.2, 0) is 11.3 Å². The second-order valence-corrected chi connectivity index (χ2v) is 6.89. The Morgan fingerprint density at radius 2 is 2.04 bits per heavy atom. The zero-order chi connectivity index (χ0) is 17.4. The Bertz CT molecular complexity index is 599. The van der Waals surface area contributed by atoms with E-state index in [9.17, 15) is 13.6 Å². The van der Waals surface area contributed by atoms with Crippen LogP contribution in [0.4, 0.5) is 13.6 Å². The minimum Gasteiger partial charge on any atom is -0.480 e. The third kappa shape index (κ3) is 4.67. The number of nitrogens with zero attached hydrogens (tertiary/aromatic N) is 2. The van der Waals surface area contributed by atoms with Gasteiger partial charge in [0.05, 0.1) is 13.1 Å². The lowest BCUT2D eigenvalue weighted by Crippen LogP contribution is -2.46. The number of hydrogen-bond donors (Lipinski definition) is 0. The van der Waals surface area contributed by atoms with Crippen LogP contribution < -0.4 is 4.74 Å². The van der Waals surface area contributed by atoms with Crippen molar-refractivity contribution in [2.75, 3.05) is 6.54 Å². The standard InChI is InChI=1S/C15H19ClF2N2O3/c1-14(2,3)23-13(21)20-7-9-10(5-6-12(16)19-9)22-11(8-20)15(4,17)18/h5-6,11H,7-8H2,1-4H3/t11-/m0/s1. The highest BCUT2D eigenvalue weighted by Gasteiger charge is 2.41. The van der Waals surface area contributed by atoms with Gasteiger partial charge in [0, 0.05) is 6.92 Å². The van der Waals surface area contributed by atoms with Crippen LogP contribution in [0.5, 0.6) is 5.75 Å². The molecule has 8 heteroatoms. The smallest absolute Gasteiger partial charge is 0.410 e. The lowest BCUT2D eigenvalue weighted by molar-refractivity contribution is -0.0880. The molecule has 0 spiro atoms. The molecule has 0 unspecified atom stereocenters. The number of ether oxygens (including phenoxy) is 2. The summed E-state index contributed by atoms with van der Waals surface area (Å²) in [5.41, 5.74) is -0.422. The van der Waals surface area contributed by atoms with Crippen LogP contribution in [0.3, 0.4) is 0 Å². The van der Waals surface area contributed by atoms with Crippen LogP contribution in [0.2, 0.25) is 5.15 Å². The van der Waals surface area contributed by atoms with Crippen molar-refractivity contribution in [1.29, 1.82) is 0 Å². The third-order valence-electron chi connectivity index (χ3n) is 3.11. The predicted molar refractivity (Wildman–Crippen MR) is 80.9 cm³/mol.